The molecule has 3 heteroatoms. The van der Waals surface area contributed by atoms with Gasteiger partial charge in [0, 0.05) is 12.6 Å². The molecule has 15 heavy (non-hydrogen) atoms. The van der Waals surface area contributed by atoms with Crippen LogP contribution in [0.25, 0.3) is 0 Å². The van der Waals surface area contributed by atoms with Crippen molar-refractivity contribution in [2.45, 2.75) is 45.1 Å². The van der Waals surface area contributed by atoms with Crippen LogP contribution in [0.1, 0.15) is 39.0 Å². The van der Waals surface area contributed by atoms with Crippen LogP contribution in [0.4, 0.5) is 0 Å². The van der Waals surface area contributed by atoms with Crippen LogP contribution in [0.3, 0.4) is 0 Å². The molecule has 2 N–H and O–H groups in total. The average Bonchev–Trinajstić information content (AvgIpc) is 2.71. The van der Waals surface area contributed by atoms with Crippen LogP contribution in [0.2, 0.25) is 0 Å². The first-order chi connectivity index (χ1) is 7.27. The van der Waals surface area contributed by atoms with E-state index in [1.54, 1.807) is 0 Å². The van der Waals surface area contributed by atoms with E-state index in [1.165, 1.54) is 6.42 Å². The lowest BCUT2D eigenvalue weighted by molar-refractivity contribution is 0.227. The fourth-order valence-electron chi connectivity index (χ4n) is 2.19. The molecule has 0 aromatic rings. The smallest absolute Gasteiger partial charge is 0.0672 e. The number of hydrogen-bond acceptors (Lipinski definition) is 3. The van der Waals surface area contributed by atoms with Gasteiger partial charge in [0.15, 0.2) is 0 Å². The zero-order chi connectivity index (χ0) is 11.1. The highest BCUT2D eigenvalue weighted by Crippen LogP contribution is 2.24. The highest BCUT2D eigenvalue weighted by molar-refractivity contribution is 4.96. The topological polar surface area (TPSA) is 56.0 Å². The fourth-order valence-corrected chi connectivity index (χ4v) is 2.19. The molecule has 1 aliphatic rings. The fraction of sp³-hybridized carbons (Fsp3) is 0.917. The molecule has 0 saturated heterocycles. The summed E-state index contributed by atoms with van der Waals surface area (Å²) in [5.41, 5.74) is 0. The highest BCUT2D eigenvalue weighted by atomic mass is 16.3. The van der Waals surface area contributed by atoms with E-state index >= 15 is 0 Å². The normalized spacial score (nSPS) is 27.5. The number of rotatable bonds is 6. The summed E-state index contributed by atoms with van der Waals surface area (Å²) < 4.78 is 0. The van der Waals surface area contributed by atoms with E-state index in [0.717, 1.165) is 32.2 Å². The van der Waals surface area contributed by atoms with Crippen molar-refractivity contribution in [2.75, 3.05) is 13.2 Å². The minimum Gasteiger partial charge on any atom is -0.396 e. The molecule has 1 fully saturated rings. The lowest BCUT2D eigenvalue weighted by Crippen LogP contribution is -2.32. The van der Waals surface area contributed by atoms with E-state index in [0.29, 0.717) is 12.0 Å². The van der Waals surface area contributed by atoms with E-state index in [-0.39, 0.29) is 12.5 Å². The quantitative estimate of drug-likeness (QED) is 0.656. The van der Waals surface area contributed by atoms with Gasteiger partial charge in [-0.2, -0.15) is 5.26 Å². The molecule has 0 spiro atoms. The van der Waals surface area contributed by atoms with Crippen LogP contribution in [-0.4, -0.2) is 24.3 Å². The Morgan fingerprint density at radius 2 is 2.33 bits per heavy atom. The Morgan fingerprint density at radius 3 is 3.00 bits per heavy atom. The van der Waals surface area contributed by atoms with Crippen LogP contribution in [-0.2, 0) is 0 Å². The Morgan fingerprint density at radius 1 is 1.53 bits per heavy atom. The molecule has 1 rings (SSSR count). The summed E-state index contributed by atoms with van der Waals surface area (Å²) in [5.74, 6) is 0.627. The molecule has 1 aliphatic carbocycles. The molecule has 0 amide bonds. The third-order valence-corrected chi connectivity index (χ3v) is 3.27. The zero-order valence-corrected chi connectivity index (χ0v) is 9.58. The van der Waals surface area contributed by atoms with Gasteiger partial charge in [-0.3, -0.25) is 0 Å². The first kappa shape index (κ1) is 12.5. The molecule has 0 heterocycles. The van der Waals surface area contributed by atoms with Gasteiger partial charge in [-0.25, -0.2) is 0 Å². The van der Waals surface area contributed by atoms with Gasteiger partial charge < -0.3 is 10.4 Å². The molecular weight excluding hydrogens is 188 g/mol. The van der Waals surface area contributed by atoms with Gasteiger partial charge in [0.1, 0.15) is 0 Å². The Balaban J connectivity index is 2.07. The van der Waals surface area contributed by atoms with Crippen molar-refractivity contribution in [1.82, 2.24) is 5.32 Å². The van der Waals surface area contributed by atoms with Gasteiger partial charge in [0.25, 0.3) is 0 Å². The SMILES string of the molecule is CC(CO)CCCNC1CCCC1C#N. The summed E-state index contributed by atoms with van der Waals surface area (Å²) >= 11 is 0. The van der Waals surface area contributed by atoms with E-state index in [9.17, 15) is 0 Å². The van der Waals surface area contributed by atoms with Gasteiger partial charge >= 0.3 is 0 Å². The molecule has 0 aromatic heterocycles. The maximum absolute atomic E-state index is 8.90. The average molecular weight is 210 g/mol. The van der Waals surface area contributed by atoms with Gasteiger partial charge in [0.2, 0.25) is 0 Å². The summed E-state index contributed by atoms with van der Waals surface area (Å²) in [7, 11) is 0. The van der Waals surface area contributed by atoms with Crippen molar-refractivity contribution in [3.8, 4) is 6.07 Å². The number of aliphatic hydroxyl groups excluding tert-OH is 1. The van der Waals surface area contributed by atoms with Crippen LogP contribution < -0.4 is 5.32 Å². The summed E-state index contributed by atoms with van der Waals surface area (Å²) in [6.07, 6.45) is 5.54. The molecular formula is C12H22N2O. The summed E-state index contributed by atoms with van der Waals surface area (Å²) in [5, 5.41) is 21.2. The third kappa shape index (κ3) is 4.19. The summed E-state index contributed by atoms with van der Waals surface area (Å²) in [4.78, 5) is 0. The minimum absolute atomic E-state index is 0.222. The largest absolute Gasteiger partial charge is 0.396 e. The predicted octanol–water partition coefficient (Wildman–Crippen LogP) is 1.68. The number of hydrogen-bond donors (Lipinski definition) is 2. The second kappa shape index (κ2) is 6.81. The van der Waals surface area contributed by atoms with Crippen molar-refractivity contribution < 1.29 is 5.11 Å². The maximum Gasteiger partial charge on any atom is 0.0672 e. The standard InChI is InChI=1S/C12H22N2O/c1-10(9-15)4-3-7-14-12-6-2-5-11(12)8-13/h10-12,14-15H,2-7,9H2,1H3. The lowest BCUT2D eigenvalue weighted by atomic mass is 10.0. The predicted molar refractivity (Wildman–Crippen MR) is 60.2 cm³/mol. The molecule has 3 nitrogen and oxygen atoms in total. The van der Waals surface area contributed by atoms with E-state index in [1.807, 2.05) is 0 Å². The van der Waals surface area contributed by atoms with Crippen LogP contribution in [0.5, 0.6) is 0 Å². The molecule has 0 aromatic carbocycles. The molecule has 0 aliphatic heterocycles. The first-order valence-electron chi connectivity index (χ1n) is 6.01. The van der Waals surface area contributed by atoms with Crippen molar-refractivity contribution in [1.29, 1.82) is 5.26 Å². The van der Waals surface area contributed by atoms with Crippen molar-refractivity contribution in [3.63, 3.8) is 0 Å². The number of nitrogens with zero attached hydrogens (tertiary/aromatic N) is 1. The van der Waals surface area contributed by atoms with Crippen molar-refractivity contribution in [2.24, 2.45) is 11.8 Å². The summed E-state index contributed by atoms with van der Waals surface area (Å²) in [6, 6.07) is 2.79. The Labute approximate surface area is 92.5 Å². The monoisotopic (exact) mass is 210 g/mol. The summed E-state index contributed by atoms with van der Waals surface area (Å²) in [6.45, 7) is 3.32. The van der Waals surface area contributed by atoms with E-state index in [2.05, 4.69) is 18.3 Å². The first-order valence-corrected chi connectivity index (χ1v) is 6.01. The van der Waals surface area contributed by atoms with Crippen LogP contribution >= 0.6 is 0 Å². The molecule has 3 atom stereocenters. The molecule has 86 valence electrons. The number of nitriles is 1. The Kier molecular flexibility index (Phi) is 5.67. The lowest BCUT2D eigenvalue weighted by Gasteiger charge is -2.16. The zero-order valence-electron chi connectivity index (χ0n) is 9.58. The van der Waals surface area contributed by atoms with Gasteiger partial charge in [-0.15, -0.1) is 0 Å². The van der Waals surface area contributed by atoms with Crippen LogP contribution in [0.15, 0.2) is 0 Å². The van der Waals surface area contributed by atoms with E-state index < -0.39 is 0 Å². The molecule has 0 bridgehead atoms. The third-order valence-electron chi connectivity index (χ3n) is 3.27. The highest BCUT2D eigenvalue weighted by Gasteiger charge is 2.25. The van der Waals surface area contributed by atoms with Crippen LogP contribution in [0, 0.1) is 23.2 Å². The Hall–Kier alpha value is -0.590. The Bertz CT molecular complexity index is 212. The van der Waals surface area contributed by atoms with Gasteiger partial charge in [0.05, 0.1) is 12.0 Å². The number of aliphatic hydroxyl groups is 1. The molecule has 1 saturated carbocycles. The number of nitrogens with one attached hydrogen (secondary N) is 1. The molecule has 0 radical (unpaired) electrons. The minimum atomic E-state index is 0.222. The van der Waals surface area contributed by atoms with Gasteiger partial charge in [-0.05, 0) is 38.1 Å². The second-order valence-electron chi connectivity index (χ2n) is 4.66. The molecule has 3 unspecified atom stereocenters. The maximum atomic E-state index is 8.90. The van der Waals surface area contributed by atoms with Crippen molar-refractivity contribution >= 4 is 0 Å². The second-order valence-corrected chi connectivity index (χ2v) is 4.66. The van der Waals surface area contributed by atoms with E-state index in [4.69, 9.17) is 10.4 Å². The van der Waals surface area contributed by atoms with Crippen molar-refractivity contribution in [3.05, 3.63) is 0 Å². The van der Waals surface area contributed by atoms with Gasteiger partial charge in [-0.1, -0.05) is 13.3 Å².